The highest BCUT2D eigenvalue weighted by Crippen LogP contribution is 2.01. The summed E-state index contributed by atoms with van der Waals surface area (Å²) in [5, 5.41) is 0. The second-order valence-corrected chi connectivity index (χ2v) is 3.15. The summed E-state index contributed by atoms with van der Waals surface area (Å²) in [6.07, 6.45) is 4.18. The summed E-state index contributed by atoms with van der Waals surface area (Å²) in [5.74, 6) is 0. The summed E-state index contributed by atoms with van der Waals surface area (Å²) in [7, 11) is 4.12. The maximum absolute atomic E-state index is 2.12. The second kappa shape index (κ2) is 4.61. The molecule has 0 aliphatic rings. The van der Waals surface area contributed by atoms with Gasteiger partial charge in [-0.1, -0.05) is 24.3 Å². The van der Waals surface area contributed by atoms with Crippen LogP contribution >= 0.6 is 0 Å². The zero-order valence-electron chi connectivity index (χ0n) is 8.49. The molecule has 0 unspecified atom stereocenters. The topological polar surface area (TPSA) is 3.01 Å². The maximum atomic E-state index is 2.12. The van der Waals surface area contributed by atoms with E-state index in [1.54, 1.807) is 0 Å². The highest BCUT2D eigenvalue weighted by Gasteiger charge is 2.05. The van der Waals surface area contributed by atoms with Crippen LogP contribution in [0.3, 0.4) is 0 Å². The van der Waals surface area contributed by atoms with Crippen LogP contribution in [0.1, 0.15) is 12.5 Å². The Labute approximate surface area is 80.0 Å². The Morgan fingerprint density at radius 3 is 2.23 bits per heavy atom. The molecular weight excluding hydrogens is 158 g/mol. The van der Waals surface area contributed by atoms with E-state index in [9.17, 15) is 0 Å². The summed E-state index contributed by atoms with van der Waals surface area (Å²) in [4.78, 5) is 0. The smallest absolute Gasteiger partial charge is 0.206 e. The molecule has 0 saturated heterocycles. The number of allylic oxidation sites excluding steroid dienone is 2. The van der Waals surface area contributed by atoms with Crippen LogP contribution in [0.25, 0.3) is 0 Å². The minimum Gasteiger partial charge on any atom is -0.235 e. The predicted molar refractivity (Wildman–Crippen MR) is 57.5 cm³/mol. The van der Waals surface area contributed by atoms with Crippen LogP contribution in [0, 0.1) is 0 Å². The molecule has 1 nitrogen and oxygen atoms in total. The molecule has 0 amide bonds. The van der Waals surface area contributed by atoms with Crippen molar-refractivity contribution < 1.29 is 4.58 Å². The van der Waals surface area contributed by atoms with E-state index in [0.29, 0.717) is 0 Å². The van der Waals surface area contributed by atoms with Gasteiger partial charge in [-0.05, 0) is 19.1 Å². The van der Waals surface area contributed by atoms with Gasteiger partial charge in [0.15, 0.2) is 0 Å². The van der Waals surface area contributed by atoms with Crippen molar-refractivity contribution in [3.63, 3.8) is 0 Å². The first-order valence-electron chi connectivity index (χ1n) is 4.48. The standard InChI is InChI=1S/C12H16N/c1-4-8-12(13(2)3)11-9-6-5-7-10-11/h4-10H,1-3H3/q+1/b8-4-. The molecule has 0 heterocycles. The van der Waals surface area contributed by atoms with E-state index in [0.717, 1.165) is 0 Å². The van der Waals surface area contributed by atoms with Crippen molar-refractivity contribution in [3.8, 4) is 0 Å². The van der Waals surface area contributed by atoms with E-state index in [1.165, 1.54) is 11.3 Å². The van der Waals surface area contributed by atoms with Gasteiger partial charge < -0.3 is 0 Å². The molecular formula is C12H16N+. The first-order chi connectivity index (χ1) is 6.25. The predicted octanol–water partition coefficient (Wildman–Crippen LogP) is 2.32. The molecule has 0 N–H and O–H groups in total. The molecule has 0 aromatic heterocycles. The van der Waals surface area contributed by atoms with E-state index in [2.05, 4.69) is 55.1 Å². The van der Waals surface area contributed by atoms with Crippen molar-refractivity contribution in [2.45, 2.75) is 6.92 Å². The first-order valence-corrected chi connectivity index (χ1v) is 4.48. The number of nitrogens with zero attached hydrogens (tertiary/aromatic N) is 1. The molecule has 0 spiro atoms. The summed E-state index contributed by atoms with van der Waals surface area (Å²) in [6.45, 7) is 2.03. The van der Waals surface area contributed by atoms with Crippen molar-refractivity contribution in [1.29, 1.82) is 0 Å². The molecule has 13 heavy (non-hydrogen) atoms. The highest BCUT2D eigenvalue weighted by molar-refractivity contribution is 6.05. The van der Waals surface area contributed by atoms with Gasteiger partial charge in [0.2, 0.25) is 5.71 Å². The summed E-state index contributed by atoms with van der Waals surface area (Å²) in [5.41, 5.74) is 2.49. The number of hydrogen-bond acceptors (Lipinski definition) is 0. The average molecular weight is 174 g/mol. The van der Waals surface area contributed by atoms with Gasteiger partial charge in [-0.3, -0.25) is 0 Å². The Balaban J connectivity index is 3.12. The van der Waals surface area contributed by atoms with Gasteiger partial charge in [-0.25, -0.2) is 4.58 Å². The lowest BCUT2D eigenvalue weighted by atomic mass is 10.1. The quantitative estimate of drug-likeness (QED) is 0.478. The van der Waals surface area contributed by atoms with E-state index < -0.39 is 0 Å². The maximum Gasteiger partial charge on any atom is 0.206 e. The minimum absolute atomic E-state index is 1.24. The van der Waals surface area contributed by atoms with Crippen LogP contribution in [-0.4, -0.2) is 24.4 Å². The van der Waals surface area contributed by atoms with Gasteiger partial charge in [-0.2, -0.15) is 0 Å². The summed E-state index contributed by atoms with van der Waals surface area (Å²) < 4.78 is 2.12. The molecule has 68 valence electrons. The normalized spacial score (nSPS) is 10.4. The third kappa shape index (κ3) is 2.55. The number of benzene rings is 1. The van der Waals surface area contributed by atoms with Crippen molar-refractivity contribution in [3.05, 3.63) is 48.0 Å². The fourth-order valence-corrected chi connectivity index (χ4v) is 1.27. The Bertz CT molecular complexity index is 316. The largest absolute Gasteiger partial charge is 0.235 e. The fraction of sp³-hybridized carbons (Fsp3) is 0.250. The van der Waals surface area contributed by atoms with Gasteiger partial charge >= 0.3 is 0 Å². The lowest BCUT2D eigenvalue weighted by Gasteiger charge is -1.98. The fourth-order valence-electron chi connectivity index (χ4n) is 1.27. The molecule has 0 radical (unpaired) electrons. The average Bonchev–Trinajstić information content (AvgIpc) is 2.15. The summed E-state index contributed by atoms with van der Waals surface area (Å²) in [6, 6.07) is 10.4. The van der Waals surface area contributed by atoms with Gasteiger partial charge in [0, 0.05) is 11.6 Å². The van der Waals surface area contributed by atoms with Crippen molar-refractivity contribution >= 4 is 5.71 Å². The van der Waals surface area contributed by atoms with Crippen LogP contribution in [0.5, 0.6) is 0 Å². The van der Waals surface area contributed by atoms with Crippen LogP contribution in [0.4, 0.5) is 0 Å². The summed E-state index contributed by atoms with van der Waals surface area (Å²) >= 11 is 0. The van der Waals surface area contributed by atoms with Crippen molar-refractivity contribution in [2.24, 2.45) is 0 Å². The van der Waals surface area contributed by atoms with Crippen molar-refractivity contribution in [2.75, 3.05) is 14.1 Å². The molecule has 0 saturated carbocycles. The molecule has 1 aromatic carbocycles. The number of rotatable bonds is 2. The molecule has 0 bridgehead atoms. The van der Waals surface area contributed by atoms with E-state index in [1.807, 2.05) is 13.0 Å². The molecule has 1 aromatic rings. The van der Waals surface area contributed by atoms with Gasteiger partial charge in [0.05, 0.1) is 0 Å². The lowest BCUT2D eigenvalue weighted by Crippen LogP contribution is -2.11. The van der Waals surface area contributed by atoms with E-state index >= 15 is 0 Å². The Morgan fingerprint density at radius 1 is 1.15 bits per heavy atom. The van der Waals surface area contributed by atoms with Gasteiger partial charge in [0.1, 0.15) is 14.1 Å². The first kappa shape index (κ1) is 9.72. The molecule has 0 fully saturated rings. The SMILES string of the molecule is C/C=C\C(c1ccccc1)=[N+](C)C. The Hall–Kier alpha value is -1.37. The zero-order valence-corrected chi connectivity index (χ0v) is 8.49. The van der Waals surface area contributed by atoms with Crippen LogP contribution in [0.2, 0.25) is 0 Å². The number of hydrogen-bond donors (Lipinski definition) is 0. The highest BCUT2D eigenvalue weighted by atomic mass is 14.9. The third-order valence-electron chi connectivity index (χ3n) is 1.88. The molecule has 0 atom stereocenters. The van der Waals surface area contributed by atoms with E-state index in [-0.39, 0.29) is 0 Å². The molecule has 0 aliphatic heterocycles. The van der Waals surface area contributed by atoms with Crippen molar-refractivity contribution in [1.82, 2.24) is 0 Å². The molecule has 1 heteroatoms. The zero-order chi connectivity index (χ0) is 9.68. The van der Waals surface area contributed by atoms with Gasteiger partial charge in [-0.15, -0.1) is 0 Å². The molecule has 0 aliphatic carbocycles. The van der Waals surface area contributed by atoms with Crippen LogP contribution in [-0.2, 0) is 0 Å². The van der Waals surface area contributed by atoms with Crippen LogP contribution in [0.15, 0.2) is 42.5 Å². The Morgan fingerprint density at radius 2 is 1.77 bits per heavy atom. The minimum atomic E-state index is 1.24. The van der Waals surface area contributed by atoms with Gasteiger partial charge in [0.25, 0.3) is 0 Å². The van der Waals surface area contributed by atoms with Crippen LogP contribution < -0.4 is 0 Å². The monoisotopic (exact) mass is 174 g/mol. The molecule has 1 rings (SSSR count). The Kier molecular flexibility index (Phi) is 3.44. The third-order valence-corrected chi connectivity index (χ3v) is 1.88. The van der Waals surface area contributed by atoms with E-state index in [4.69, 9.17) is 0 Å². The second-order valence-electron chi connectivity index (χ2n) is 3.15. The lowest BCUT2D eigenvalue weighted by molar-refractivity contribution is -0.463.